The third kappa shape index (κ3) is 6.88. The van der Waals surface area contributed by atoms with E-state index in [-0.39, 0.29) is 31.0 Å². The number of nitrogens with one attached hydrogen (secondary N) is 1. The van der Waals surface area contributed by atoms with Crippen molar-refractivity contribution in [1.82, 2.24) is 10.2 Å². The molecule has 0 saturated heterocycles. The number of carbonyl (C=O) groups is 2. The molecule has 1 N–H and O–H groups in total. The predicted molar refractivity (Wildman–Crippen MR) is 127 cm³/mol. The quantitative estimate of drug-likeness (QED) is 0.588. The summed E-state index contributed by atoms with van der Waals surface area (Å²) in [6, 6.07) is 14.2. The molecule has 0 aromatic heterocycles. The van der Waals surface area contributed by atoms with Gasteiger partial charge in [-0.3, -0.25) is 9.59 Å². The number of carbonyl (C=O) groups excluding carboxylic acids is 2. The zero-order chi connectivity index (χ0) is 23.6. The molecule has 0 bridgehead atoms. The normalized spacial score (nSPS) is 14.8. The summed E-state index contributed by atoms with van der Waals surface area (Å²) in [7, 11) is 3.15. The molecule has 2 aromatic carbocycles. The van der Waals surface area contributed by atoms with Crippen LogP contribution in [0.2, 0.25) is 0 Å². The van der Waals surface area contributed by atoms with Crippen LogP contribution in [0.4, 0.5) is 0 Å². The third-order valence-electron chi connectivity index (χ3n) is 6.03. The first-order valence-electron chi connectivity index (χ1n) is 11.5. The van der Waals surface area contributed by atoms with E-state index >= 15 is 0 Å². The van der Waals surface area contributed by atoms with Crippen molar-refractivity contribution in [3.63, 3.8) is 0 Å². The molecule has 2 amide bonds. The van der Waals surface area contributed by atoms with Gasteiger partial charge in [-0.2, -0.15) is 0 Å². The number of nitrogens with zero attached hydrogens (tertiary/aromatic N) is 1. The minimum atomic E-state index is -0.646. The topological polar surface area (TPSA) is 77.1 Å². The molecule has 1 atom stereocenters. The summed E-state index contributed by atoms with van der Waals surface area (Å²) in [5.41, 5.74) is 0.873. The summed E-state index contributed by atoms with van der Waals surface area (Å²) in [5.74, 6) is 1.30. The molecule has 1 saturated carbocycles. The fraction of sp³-hybridized carbons (Fsp3) is 0.462. The molecule has 178 valence electrons. The number of methoxy groups -OCH3 is 2. The maximum atomic E-state index is 13.3. The molecule has 33 heavy (non-hydrogen) atoms. The minimum absolute atomic E-state index is 0.143. The molecule has 1 fully saturated rings. The average molecular weight is 455 g/mol. The van der Waals surface area contributed by atoms with Gasteiger partial charge in [0.25, 0.3) is 5.91 Å². The molecule has 1 aliphatic rings. The number of amides is 2. The highest BCUT2D eigenvalue weighted by Crippen LogP contribution is 2.26. The van der Waals surface area contributed by atoms with Crippen LogP contribution in [-0.4, -0.2) is 49.6 Å². The summed E-state index contributed by atoms with van der Waals surface area (Å²) in [5, 5.41) is 3.14. The van der Waals surface area contributed by atoms with Crippen LogP contribution in [0.15, 0.2) is 48.5 Å². The summed E-state index contributed by atoms with van der Waals surface area (Å²) >= 11 is 0. The predicted octanol–water partition coefficient (Wildman–Crippen LogP) is 3.95. The lowest BCUT2D eigenvalue weighted by Gasteiger charge is -2.31. The van der Waals surface area contributed by atoms with Crippen molar-refractivity contribution < 1.29 is 23.8 Å². The number of ether oxygens (including phenoxy) is 3. The molecule has 1 aliphatic carbocycles. The van der Waals surface area contributed by atoms with Gasteiger partial charge in [0.2, 0.25) is 5.91 Å². The van der Waals surface area contributed by atoms with Crippen LogP contribution in [0.25, 0.3) is 0 Å². The van der Waals surface area contributed by atoms with Gasteiger partial charge in [0.15, 0.2) is 18.1 Å². The van der Waals surface area contributed by atoms with Crippen LogP contribution >= 0.6 is 0 Å². The molecule has 0 spiro atoms. The first-order chi connectivity index (χ1) is 16.0. The molecule has 3 rings (SSSR count). The summed E-state index contributed by atoms with van der Waals surface area (Å²) in [4.78, 5) is 27.9. The fourth-order valence-corrected chi connectivity index (χ4v) is 4.08. The number of hydrogen-bond acceptors (Lipinski definition) is 5. The van der Waals surface area contributed by atoms with Crippen molar-refractivity contribution in [1.29, 1.82) is 0 Å². The maximum absolute atomic E-state index is 13.3. The molecule has 1 unspecified atom stereocenters. The van der Waals surface area contributed by atoms with Gasteiger partial charge >= 0.3 is 0 Å². The van der Waals surface area contributed by atoms with Gasteiger partial charge in [0.1, 0.15) is 11.8 Å². The number of hydrogen-bond donors (Lipinski definition) is 1. The van der Waals surface area contributed by atoms with Gasteiger partial charge in [-0.1, -0.05) is 43.5 Å². The highest BCUT2D eigenvalue weighted by atomic mass is 16.5. The number of benzene rings is 2. The van der Waals surface area contributed by atoms with Crippen molar-refractivity contribution in [3.8, 4) is 17.2 Å². The maximum Gasteiger partial charge on any atom is 0.261 e. The van der Waals surface area contributed by atoms with E-state index < -0.39 is 6.04 Å². The Morgan fingerprint density at radius 1 is 1.00 bits per heavy atom. The minimum Gasteiger partial charge on any atom is -0.497 e. The van der Waals surface area contributed by atoms with E-state index in [1.807, 2.05) is 36.4 Å². The van der Waals surface area contributed by atoms with E-state index in [0.717, 1.165) is 31.2 Å². The van der Waals surface area contributed by atoms with Crippen LogP contribution < -0.4 is 19.5 Å². The Hall–Kier alpha value is -3.22. The van der Waals surface area contributed by atoms with Crippen LogP contribution in [0.1, 0.15) is 44.6 Å². The van der Waals surface area contributed by atoms with Crippen LogP contribution in [0.3, 0.4) is 0 Å². The second kappa shape index (κ2) is 12.1. The van der Waals surface area contributed by atoms with E-state index in [1.165, 1.54) is 6.42 Å². The second-order valence-corrected chi connectivity index (χ2v) is 8.33. The molecular formula is C26H34N2O5. The zero-order valence-electron chi connectivity index (χ0n) is 19.7. The lowest BCUT2D eigenvalue weighted by atomic mass is 9.95. The molecule has 7 nitrogen and oxygen atoms in total. The highest BCUT2D eigenvalue weighted by Gasteiger charge is 2.28. The van der Waals surface area contributed by atoms with Gasteiger partial charge < -0.3 is 24.4 Å². The van der Waals surface area contributed by atoms with Crippen molar-refractivity contribution in [2.45, 2.75) is 57.7 Å². The molecule has 7 heteroatoms. The van der Waals surface area contributed by atoms with Gasteiger partial charge in [-0.05, 0) is 49.6 Å². The van der Waals surface area contributed by atoms with Crippen LogP contribution in [0, 0.1) is 0 Å². The Morgan fingerprint density at radius 3 is 2.42 bits per heavy atom. The SMILES string of the molecule is COc1cccc(CN(C(=O)COc2ccccc2OC)C(C)C(=O)NC2CCCCC2)c1. The largest absolute Gasteiger partial charge is 0.497 e. The summed E-state index contributed by atoms with van der Waals surface area (Å²) in [6.45, 7) is 1.83. The number of rotatable bonds is 10. The molecule has 2 aromatic rings. The van der Waals surface area contributed by atoms with Crippen LogP contribution in [0.5, 0.6) is 17.2 Å². The highest BCUT2D eigenvalue weighted by molar-refractivity contribution is 5.88. The Bertz CT molecular complexity index is 926. The Labute approximate surface area is 196 Å². The average Bonchev–Trinajstić information content (AvgIpc) is 2.86. The Kier molecular flexibility index (Phi) is 8.98. The molecule has 0 radical (unpaired) electrons. The van der Waals surface area contributed by atoms with E-state index in [1.54, 1.807) is 38.2 Å². The van der Waals surface area contributed by atoms with Gasteiger partial charge in [0.05, 0.1) is 14.2 Å². The van der Waals surface area contributed by atoms with E-state index in [9.17, 15) is 9.59 Å². The van der Waals surface area contributed by atoms with Gasteiger partial charge in [0, 0.05) is 12.6 Å². The standard InChI is InChI=1S/C26H34N2O5/c1-19(26(30)27-21-11-5-4-6-12-21)28(17-20-10-9-13-22(16-20)31-2)25(29)18-33-24-15-8-7-14-23(24)32-3/h7-10,13-16,19,21H,4-6,11-12,17-18H2,1-3H3,(H,27,30). The first kappa shape index (κ1) is 24.4. The van der Waals surface area contributed by atoms with E-state index in [4.69, 9.17) is 14.2 Å². The second-order valence-electron chi connectivity index (χ2n) is 8.33. The third-order valence-corrected chi connectivity index (χ3v) is 6.03. The van der Waals surface area contributed by atoms with Crippen molar-refractivity contribution in [2.24, 2.45) is 0 Å². The van der Waals surface area contributed by atoms with Crippen molar-refractivity contribution in [3.05, 3.63) is 54.1 Å². The Balaban J connectivity index is 1.74. The van der Waals surface area contributed by atoms with E-state index in [0.29, 0.717) is 17.2 Å². The Morgan fingerprint density at radius 2 is 1.73 bits per heavy atom. The van der Waals surface area contributed by atoms with Gasteiger partial charge in [-0.15, -0.1) is 0 Å². The monoisotopic (exact) mass is 454 g/mol. The number of para-hydroxylation sites is 2. The zero-order valence-corrected chi connectivity index (χ0v) is 19.7. The lowest BCUT2D eigenvalue weighted by molar-refractivity contribution is -0.142. The van der Waals surface area contributed by atoms with Crippen LogP contribution in [-0.2, 0) is 16.1 Å². The van der Waals surface area contributed by atoms with Crippen molar-refractivity contribution >= 4 is 11.8 Å². The van der Waals surface area contributed by atoms with Gasteiger partial charge in [-0.25, -0.2) is 0 Å². The smallest absolute Gasteiger partial charge is 0.261 e. The van der Waals surface area contributed by atoms with Crippen molar-refractivity contribution in [2.75, 3.05) is 20.8 Å². The van der Waals surface area contributed by atoms with E-state index in [2.05, 4.69) is 5.32 Å². The lowest BCUT2D eigenvalue weighted by Crippen LogP contribution is -2.51. The molecule has 0 aliphatic heterocycles. The fourth-order valence-electron chi connectivity index (χ4n) is 4.08. The molecule has 0 heterocycles. The summed E-state index contributed by atoms with van der Waals surface area (Å²) < 4.78 is 16.4. The first-order valence-corrected chi connectivity index (χ1v) is 11.5. The summed E-state index contributed by atoms with van der Waals surface area (Å²) in [6.07, 6.45) is 5.43. The molecular weight excluding hydrogens is 420 g/mol.